The summed E-state index contributed by atoms with van der Waals surface area (Å²) in [5.41, 5.74) is 1.78. The number of hydrogen-bond donors (Lipinski definition) is 1. The van der Waals surface area contributed by atoms with Gasteiger partial charge in [0, 0.05) is 0 Å². The predicted molar refractivity (Wildman–Crippen MR) is 70.7 cm³/mol. The van der Waals surface area contributed by atoms with E-state index < -0.39 is 11.4 Å². The first-order chi connectivity index (χ1) is 8.75. The van der Waals surface area contributed by atoms with Crippen LogP contribution in [0.1, 0.15) is 49.7 Å². The number of carboxylic acids is 1. The summed E-state index contributed by atoms with van der Waals surface area (Å²) in [6.45, 7) is 0. The third kappa shape index (κ3) is 1.58. The number of benzene rings is 1. The second-order valence-electron chi connectivity index (χ2n) is 5.77. The highest BCUT2D eigenvalue weighted by Gasteiger charge is 2.49. The van der Waals surface area contributed by atoms with E-state index in [9.17, 15) is 9.90 Å². The maximum absolute atomic E-state index is 12.0. The highest BCUT2D eigenvalue weighted by atomic mass is 16.4. The molecule has 2 nitrogen and oxygen atoms in total. The molecule has 0 aliphatic heterocycles. The first-order valence-electron chi connectivity index (χ1n) is 7.07. The molecular weight excluding hydrogens is 224 g/mol. The summed E-state index contributed by atoms with van der Waals surface area (Å²) >= 11 is 0. The van der Waals surface area contributed by atoms with Crippen molar-refractivity contribution in [1.82, 2.24) is 0 Å². The molecule has 1 aromatic rings. The molecular formula is C16H20O2. The molecule has 0 radical (unpaired) electrons. The van der Waals surface area contributed by atoms with Crippen molar-refractivity contribution in [3.05, 3.63) is 35.4 Å². The minimum atomic E-state index is -0.596. The monoisotopic (exact) mass is 244 g/mol. The van der Waals surface area contributed by atoms with Crippen LogP contribution >= 0.6 is 0 Å². The fourth-order valence-electron chi connectivity index (χ4n) is 4.11. The third-order valence-corrected chi connectivity index (χ3v) is 4.95. The maximum Gasteiger partial charge on any atom is 0.314 e. The molecule has 18 heavy (non-hydrogen) atoms. The molecule has 1 saturated carbocycles. The van der Waals surface area contributed by atoms with Gasteiger partial charge in [0.25, 0.3) is 0 Å². The Kier molecular flexibility index (Phi) is 2.89. The Morgan fingerprint density at radius 2 is 1.89 bits per heavy atom. The number of rotatable bonds is 2. The van der Waals surface area contributed by atoms with Crippen molar-refractivity contribution in [1.29, 1.82) is 0 Å². The molecule has 2 heteroatoms. The van der Waals surface area contributed by atoms with E-state index in [-0.39, 0.29) is 0 Å². The van der Waals surface area contributed by atoms with Crippen LogP contribution in [0, 0.1) is 5.92 Å². The molecule has 1 unspecified atom stereocenters. The minimum Gasteiger partial charge on any atom is -0.481 e. The van der Waals surface area contributed by atoms with Gasteiger partial charge in [0.1, 0.15) is 0 Å². The largest absolute Gasteiger partial charge is 0.481 e. The molecule has 1 aromatic carbocycles. The average Bonchev–Trinajstić information content (AvgIpc) is 2.92. The first-order valence-corrected chi connectivity index (χ1v) is 7.07. The predicted octanol–water partition coefficient (Wildman–Crippen LogP) is 3.54. The van der Waals surface area contributed by atoms with Crippen LogP contribution in [-0.2, 0) is 16.6 Å². The zero-order valence-corrected chi connectivity index (χ0v) is 10.7. The molecule has 1 N–H and O–H groups in total. The van der Waals surface area contributed by atoms with Gasteiger partial charge in [-0.25, -0.2) is 0 Å². The Hall–Kier alpha value is -1.31. The van der Waals surface area contributed by atoms with E-state index in [1.807, 2.05) is 12.1 Å². The Labute approximate surface area is 108 Å². The van der Waals surface area contributed by atoms with E-state index in [0.29, 0.717) is 5.92 Å². The lowest BCUT2D eigenvalue weighted by molar-refractivity contribution is -0.147. The summed E-state index contributed by atoms with van der Waals surface area (Å²) in [6.07, 6.45) is 7.44. The van der Waals surface area contributed by atoms with Gasteiger partial charge in [0.05, 0.1) is 5.41 Å². The van der Waals surface area contributed by atoms with Crippen molar-refractivity contribution in [3.8, 4) is 0 Å². The summed E-state index contributed by atoms with van der Waals surface area (Å²) in [5, 5.41) is 9.90. The second kappa shape index (κ2) is 4.42. The summed E-state index contributed by atoms with van der Waals surface area (Å²) in [4.78, 5) is 12.0. The van der Waals surface area contributed by atoms with Crippen LogP contribution in [0.2, 0.25) is 0 Å². The number of aryl methyl sites for hydroxylation is 1. The van der Waals surface area contributed by atoms with Gasteiger partial charge in [-0.3, -0.25) is 4.79 Å². The van der Waals surface area contributed by atoms with Gasteiger partial charge in [-0.15, -0.1) is 0 Å². The molecule has 0 bridgehead atoms. The van der Waals surface area contributed by atoms with E-state index in [1.54, 1.807) is 0 Å². The van der Waals surface area contributed by atoms with Crippen LogP contribution in [0.4, 0.5) is 0 Å². The van der Waals surface area contributed by atoms with Crippen molar-refractivity contribution in [2.24, 2.45) is 5.92 Å². The van der Waals surface area contributed by atoms with Crippen LogP contribution in [0.15, 0.2) is 24.3 Å². The zero-order valence-electron chi connectivity index (χ0n) is 10.7. The molecule has 0 spiro atoms. The molecule has 0 aromatic heterocycles. The van der Waals surface area contributed by atoms with E-state index in [2.05, 4.69) is 12.1 Å². The van der Waals surface area contributed by atoms with Crippen molar-refractivity contribution in [2.45, 2.75) is 50.4 Å². The van der Waals surface area contributed by atoms with E-state index in [4.69, 9.17) is 0 Å². The minimum absolute atomic E-state index is 0.344. The van der Waals surface area contributed by atoms with Gasteiger partial charge in [0.15, 0.2) is 0 Å². The number of aliphatic carboxylic acids is 1. The molecule has 0 amide bonds. The van der Waals surface area contributed by atoms with E-state index in [1.165, 1.54) is 18.4 Å². The lowest BCUT2D eigenvalue weighted by Gasteiger charge is -2.40. The van der Waals surface area contributed by atoms with Crippen LogP contribution in [0.5, 0.6) is 0 Å². The molecule has 1 fully saturated rings. The van der Waals surface area contributed by atoms with Gasteiger partial charge in [-0.2, -0.15) is 0 Å². The topological polar surface area (TPSA) is 37.3 Å². The lowest BCUT2D eigenvalue weighted by Crippen LogP contribution is -2.44. The fraction of sp³-hybridized carbons (Fsp3) is 0.562. The molecule has 3 rings (SSSR count). The normalized spacial score (nSPS) is 28.0. The van der Waals surface area contributed by atoms with Gasteiger partial charge < -0.3 is 5.11 Å². The Morgan fingerprint density at radius 3 is 2.61 bits per heavy atom. The Morgan fingerprint density at radius 1 is 1.17 bits per heavy atom. The number of carboxylic acid groups (broad SMARTS) is 1. The Bertz CT molecular complexity index is 460. The van der Waals surface area contributed by atoms with Gasteiger partial charge in [-0.05, 0) is 49.1 Å². The first kappa shape index (κ1) is 11.8. The number of hydrogen-bond acceptors (Lipinski definition) is 1. The molecule has 2 aliphatic rings. The Balaban J connectivity index is 2.13. The van der Waals surface area contributed by atoms with Gasteiger partial charge in [0.2, 0.25) is 0 Å². The zero-order chi connectivity index (χ0) is 12.6. The maximum atomic E-state index is 12.0. The smallest absolute Gasteiger partial charge is 0.314 e. The van der Waals surface area contributed by atoms with E-state index in [0.717, 1.165) is 37.7 Å². The van der Waals surface area contributed by atoms with Crippen molar-refractivity contribution in [2.75, 3.05) is 0 Å². The van der Waals surface area contributed by atoms with Crippen LogP contribution in [-0.4, -0.2) is 11.1 Å². The van der Waals surface area contributed by atoms with E-state index >= 15 is 0 Å². The van der Waals surface area contributed by atoms with Crippen LogP contribution in [0.3, 0.4) is 0 Å². The highest BCUT2D eigenvalue weighted by molar-refractivity contribution is 5.83. The standard InChI is InChI=1S/C16H20O2/c17-15(18)16(13-8-2-3-9-13)11-5-7-12-6-1-4-10-14(12)16/h1,4,6,10,13H,2-3,5,7-9,11H2,(H,17,18). The van der Waals surface area contributed by atoms with Crippen molar-refractivity contribution in [3.63, 3.8) is 0 Å². The molecule has 96 valence electrons. The van der Waals surface area contributed by atoms with Crippen LogP contribution < -0.4 is 0 Å². The molecule has 2 aliphatic carbocycles. The third-order valence-electron chi connectivity index (χ3n) is 4.95. The molecule has 0 heterocycles. The van der Waals surface area contributed by atoms with Crippen LogP contribution in [0.25, 0.3) is 0 Å². The molecule has 0 saturated heterocycles. The summed E-state index contributed by atoms with van der Waals surface area (Å²) < 4.78 is 0. The average molecular weight is 244 g/mol. The lowest BCUT2D eigenvalue weighted by atomic mass is 9.62. The summed E-state index contributed by atoms with van der Waals surface area (Å²) in [6, 6.07) is 8.20. The second-order valence-corrected chi connectivity index (χ2v) is 5.77. The fourth-order valence-corrected chi connectivity index (χ4v) is 4.11. The number of fused-ring (bicyclic) bond motifs is 1. The van der Waals surface area contributed by atoms with Gasteiger partial charge in [-0.1, -0.05) is 37.1 Å². The number of carbonyl (C=O) groups is 1. The quantitative estimate of drug-likeness (QED) is 0.864. The summed E-state index contributed by atoms with van der Waals surface area (Å²) in [7, 11) is 0. The molecule has 1 atom stereocenters. The van der Waals surface area contributed by atoms with Gasteiger partial charge >= 0.3 is 5.97 Å². The summed E-state index contributed by atoms with van der Waals surface area (Å²) in [5.74, 6) is -0.252. The van der Waals surface area contributed by atoms with Crippen molar-refractivity contribution >= 4 is 5.97 Å². The van der Waals surface area contributed by atoms with Crippen molar-refractivity contribution < 1.29 is 9.90 Å². The SMILES string of the molecule is O=C(O)C1(C2CCCC2)CCCc2ccccc21. The highest BCUT2D eigenvalue weighted by Crippen LogP contribution is 2.49.